The van der Waals surface area contributed by atoms with Crippen molar-refractivity contribution in [3.8, 4) is 0 Å². The molecule has 0 aliphatic carbocycles. The number of benzene rings is 1. The highest BCUT2D eigenvalue weighted by atomic mass is 35.5. The van der Waals surface area contributed by atoms with Gasteiger partial charge in [0.1, 0.15) is 11.6 Å². The number of hydrogen-bond acceptors (Lipinski definition) is 4. The van der Waals surface area contributed by atoms with Crippen LogP contribution in [0.3, 0.4) is 0 Å². The number of aromatic nitrogens is 1. The third-order valence-electron chi connectivity index (χ3n) is 4.24. The molecule has 1 fully saturated rings. The van der Waals surface area contributed by atoms with E-state index in [2.05, 4.69) is 15.2 Å². The van der Waals surface area contributed by atoms with Crippen molar-refractivity contribution in [1.29, 1.82) is 0 Å². The molecule has 0 saturated carbocycles. The average molecular weight is 350 g/mol. The Morgan fingerprint density at radius 2 is 2.21 bits per heavy atom. The van der Waals surface area contributed by atoms with Crippen molar-refractivity contribution < 1.29 is 14.3 Å². The van der Waals surface area contributed by atoms with Crippen LogP contribution in [0.2, 0.25) is 5.02 Å². The summed E-state index contributed by atoms with van der Waals surface area (Å²) in [5.41, 5.74) is 0.809. The van der Waals surface area contributed by atoms with Crippen LogP contribution in [-0.4, -0.2) is 40.6 Å². The lowest BCUT2D eigenvalue weighted by atomic mass is 10.00. The van der Waals surface area contributed by atoms with Gasteiger partial charge in [0.05, 0.1) is 11.1 Å². The molecule has 1 aliphatic heterocycles. The summed E-state index contributed by atoms with van der Waals surface area (Å²) < 4.78 is 13.8. The molecule has 2 N–H and O–H groups in total. The second kappa shape index (κ2) is 6.75. The quantitative estimate of drug-likeness (QED) is 0.885. The molecule has 1 aliphatic rings. The van der Waals surface area contributed by atoms with E-state index in [1.807, 2.05) is 13.1 Å². The number of aromatic carboxylic acids is 1. The predicted octanol–water partition coefficient (Wildman–Crippen LogP) is 3.43. The van der Waals surface area contributed by atoms with Gasteiger partial charge in [-0.3, -0.25) is 4.90 Å². The molecule has 0 radical (unpaired) electrons. The Kier molecular flexibility index (Phi) is 4.69. The molecule has 3 rings (SSSR count). The molecule has 2 heterocycles. The highest BCUT2D eigenvalue weighted by Gasteiger charge is 2.33. The van der Waals surface area contributed by atoms with Crippen molar-refractivity contribution in [2.24, 2.45) is 0 Å². The van der Waals surface area contributed by atoms with Gasteiger partial charge in [0, 0.05) is 12.6 Å². The fourth-order valence-corrected chi connectivity index (χ4v) is 3.22. The van der Waals surface area contributed by atoms with E-state index < -0.39 is 11.8 Å². The second-order valence-electron chi connectivity index (χ2n) is 5.85. The fraction of sp³-hybridized carbons (Fsp3) is 0.294. The van der Waals surface area contributed by atoms with Gasteiger partial charge < -0.3 is 10.4 Å². The number of pyridine rings is 1. The van der Waals surface area contributed by atoms with Gasteiger partial charge in [0.25, 0.3) is 0 Å². The minimum atomic E-state index is -1.07. The summed E-state index contributed by atoms with van der Waals surface area (Å²) in [5, 5.41) is 12.4. The highest BCUT2D eigenvalue weighted by molar-refractivity contribution is 6.30. The van der Waals surface area contributed by atoms with E-state index in [1.165, 1.54) is 12.1 Å². The van der Waals surface area contributed by atoms with E-state index in [-0.39, 0.29) is 22.8 Å². The molecule has 5 nitrogen and oxygen atoms in total. The Bertz CT molecular complexity index is 771. The van der Waals surface area contributed by atoms with Crippen LogP contribution in [0.15, 0.2) is 36.4 Å². The number of carbonyl (C=O) groups is 1. The SMILES string of the molecule is CN1CCC(Nc2cccc(C(=O)O)n2)C1c1ccc(Cl)c(F)c1. The first-order valence-corrected chi connectivity index (χ1v) is 7.95. The number of carboxylic acids is 1. The number of likely N-dealkylation sites (tertiary alicyclic amines) is 1. The highest BCUT2D eigenvalue weighted by Crippen LogP contribution is 2.34. The Morgan fingerprint density at radius 3 is 2.92 bits per heavy atom. The van der Waals surface area contributed by atoms with Crippen LogP contribution in [0.1, 0.15) is 28.5 Å². The second-order valence-corrected chi connectivity index (χ2v) is 6.26. The molecule has 2 aromatic rings. The van der Waals surface area contributed by atoms with Crippen LogP contribution in [0.4, 0.5) is 10.2 Å². The minimum Gasteiger partial charge on any atom is -0.477 e. The molecule has 0 amide bonds. The van der Waals surface area contributed by atoms with E-state index in [4.69, 9.17) is 16.7 Å². The zero-order valence-corrected chi connectivity index (χ0v) is 13.8. The number of rotatable bonds is 4. The molecular weight excluding hydrogens is 333 g/mol. The summed E-state index contributed by atoms with van der Waals surface area (Å²) in [4.78, 5) is 17.3. The van der Waals surface area contributed by atoms with Gasteiger partial charge in [0.15, 0.2) is 5.69 Å². The Morgan fingerprint density at radius 1 is 1.42 bits per heavy atom. The fourth-order valence-electron chi connectivity index (χ4n) is 3.11. The summed E-state index contributed by atoms with van der Waals surface area (Å²) in [6, 6.07) is 9.58. The lowest BCUT2D eigenvalue weighted by molar-refractivity contribution is 0.0690. The number of likely N-dealkylation sites (N-methyl/N-ethyl adjacent to an activating group) is 1. The molecule has 24 heavy (non-hydrogen) atoms. The van der Waals surface area contributed by atoms with Gasteiger partial charge in [-0.05, 0) is 43.3 Å². The van der Waals surface area contributed by atoms with Crippen molar-refractivity contribution in [2.75, 3.05) is 18.9 Å². The van der Waals surface area contributed by atoms with Crippen molar-refractivity contribution >= 4 is 23.4 Å². The van der Waals surface area contributed by atoms with Crippen molar-refractivity contribution in [3.05, 3.63) is 58.5 Å². The first-order chi connectivity index (χ1) is 11.5. The minimum absolute atomic E-state index is 0.00730. The van der Waals surface area contributed by atoms with Gasteiger partial charge >= 0.3 is 5.97 Å². The van der Waals surface area contributed by atoms with Crippen LogP contribution in [-0.2, 0) is 0 Å². The Labute approximate surface area is 144 Å². The maximum absolute atomic E-state index is 13.8. The predicted molar refractivity (Wildman–Crippen MR) is 90.0 cm³/mol. The molecule has 126 valence electrons. The summed E-state index contributed by atoms with van der Waals surface area (Å²) in [5.74, 6) is -1.02. The topological polar surface area (TPSA) is 65.5 Å². The molecule has 0 spiro atoms. The normalized spacial score (nSPS) is 21.0. The zero-order valence-electron chi connectivity index (χ0n) is 13.0. The number of nitrogens with zero attached hydrogens (tertiary/aromatic N) is 2. The number of nitrogens with one attached hydrogen (secondary N) is 1. The van der Waals surface area contributed by atoms with Gasteiger partial charge in [-0.15, -0.1) is 0 Å². The number of carboxylic acid groups (broad SMARTS) is 1. The summed E-state index contributed by atoms with van der Waals surface area (Å²) in [6.07, 6.45) is 0.838. The van der Waals surface area contributed by atoms with Crippen LogP contribution >= 0.6 is 11.6 Å². The number of hydrogen-bond donors (Lipinski definition) is 2. The molecule has 2 unspecified atom stereocenters. The van der Waals surface area contributed by atoms with Crippen molar-refractivity contribution in [3.63, 3.8) is 0 Å². The largest absolute Gasteiger partial charge is 0.477 e. The maximum Gasteiger partial charge on any atom is 0.354 e. The molecule has 7 heteroatoms. The van der Waals surface area contributed by atoms with Gasteiger partial charge in [-0.1, -0.05) is 23.7 Å². The van der Waals surface area contributed by atoms with E-state index in [0.717, 1.165) is 18.5 Å². The van der Waals surface area contributed by atoms with E-state index >= 15 is 0 Å². The van der Waals surface area contributed by atoms with E-state index in [0.29, 0.717) is 5.82 Å². The molecule has 1 saturated heterocycles. The summed E-state index contributed by atoms with van der Waals surface area (Å²) >= 11 is 5.77. The first kappa shape index (κ1) is 16.7. The Balaban J connectivity index is 1.85. The molecular formula is C17H17ClFN3O2. The van der Waals surface area contributed by atoms with Crippen LogP contribution in [0, 0.1) is 5.82 Å². The van der Waals surface area contributed by atoms with Gasteiger partial charge in [-0.2, -0.15) is 0 Å². The average Bonchev–Trinajstić information content (AvgIpc) is 2.91. The van der Waals surface area contributed by atoms with Crippen molar-refractivity contribution in [1.82, 2.24) is 9.88 Å². The Hall–Kier alpha value is -2.18. The van der Waals surface area contributed by atoms with Crippen molar-refractivity contribution in [2.45, 2.75) is 18.5 Å². The molecule has 1 aromatic carbocycles. The van der Waals surface area contributed by atoms with E-state index in [1.54, 1.807) is 18.2 Å². The summed E-state index contributed by atoms with van der Waals surface area (Å²) in [6.45, 7) is 0.838. The zero-order chi connectivity index (χ0) is 17.3. The van der Waals surface area contributed by atoms with Crippen LogP contribution in [0.25, 0.3) is 0 Å². The third kappa shape index (κ3) is 3.34. The molecule has 0 bridgehead atoms. The summed E-state index contributed by atoms with van der Waals surface area (Å²) in [7, 11) is 1.97. The van der Waals surface area contributed by atoms with Gasteiger partial charge in [0.2, 0.25) is 0 Å². The van der Waals surface area contributed by atoms with Crippen LogP contribution in [0.5, 0.6) is 0 Å². The molecule has 2 atom stereocenters. The number of anilines is 1. The monoisotopic (exact) mass is 349 g/mol. The third-order valence-corrected chi connectivity index (χ3v) is 4.54. The lowest BCUT2D eigenvalue weighted by Crippen LogP contribution is -2.29. The van der Waals surface area contributed by atoms with E-state index in [9.17, 15) is 9.18 Å². The van der Waals surface area contributed by atoms with Crippen LogP contribution < -0.4 is 5.32 Å². The maximum atomic E-state index is 13.8. The first-order valence-electron chi connectivity index (χ1n) is 7.58. The lowest BCUT2D eigenvalue weighted by Gasteiger charge is -2.26. The standard InChI is InChI=1S/C17H17ClFN3O2/c1-22-8-7-13(16(22)10-5-6-11(18)12(19)9-10)20-15-4-2-3-14(21-15)17(23)24/h2-6,9,13,16H,7-8H2,1H3,(H,20,21)(H,23,24). The van der Waals surface area contributed by atoms with Gasteiger partial charge in [-0.25, -0.2) is 14.2 Å². The molecule has 1 aromatic heterocycles. The smallest absolute Gasteiger partial charge is 0.354 e. The number of halogens is 2.